The van der Waals surface area contributed by atoms with Crippen LogP contribution in [0.15, 0.2) is 24.3 Å². The highest BCUT2D eigenvalue weighted by atomic mass is 79.9. The highest BCUT2D eigenvalue weighted by Crippen LogP contribution is 1.88. The minimum Gasteiger partial charge on any atom is -0.274 e. The monoisotopic (exact) mass is 233 g/mol. The maximum atomic E-state index is 11.0. The number of amides is 1. The SMILES string of the molecule is CON(C)C(=O)/C=C/C=C/CBr. The van der Waals surface area contributed by atoms with Crippen LogP contribution in [0.4, 0.5) is 0 Å². The molecule has 12 heavy (non-hydrogen) atoms. The first kappa shape index (κ1) is 11.4. The predicted octanol–water partition coefficient (Wildman–Crippen LogP) is 1.51. The lowest BCUT2D eigenvalue weighted by Gasteiger charge is -2.09. The number of nitrogens with zero attached hydrogens (tertiary/aromatic N) is 1. The van der Waals surface area contributed by atoms with Gasteiger partial charge in [-0.15, -0.1) is 0 Å². The average molecular weight is 234 g/mol. The van der Waals surface area contributed by atoms with Gasteiger partial charge in [0, 0.05) is 18.5 Å². The molecule has 0 N–H and O–H groups in total. The number of hydrogen-bond donors (Lipinski definition) is 0. The van der Waals surface area contributed by atoms with Crippen molar-refractivity contribution >= 4 is 21.8 Å². The van der Waals surface area contributed by atoms with E-state index in [1.54, 1.807) is 19.2 Å². The molecule has 0 radical (unpaired) electrons. The van der Waals surface area contributed by atoms with Gasteiger partial charge in [0.25, 0.3) is 5.91 Å². The molecule has 0 aliphatic rings. The molecule has 0 aromatic carbocycles. The van der Waals surface area contributed by atoms with E-state index in [9.17, 15) is 4.79 Å². The third-order valence-corrected chi connectivity index (χ3v) is 1.53. The van der Waals surface area contributed by atoms with E-state index in [4.69, 9.17) is 0 Å². The molecule has 0 heterocycles. The van der Waals surface area contributed by atoms with E-state index in [1.807, 2.05) is 6.08 Å². The van der Waals surface area contributed by atoms with Crippen LogP contribution < -0.4 is 0 Å². The van der Waals surface area contributed by atoms with E-state index in [0.29, 0.717) is 0 Å². The zero-order valence-corrected chi connectivity index (χ0v) is 8.74. The smallest absolute Gasteiger partial charge is 0.269 e. The van der Waals surface area contributed by atoms with Gasteiger partial charge in [-0.3, -0.25) is 9.63 Å². The molecule has 0 aromatic rings. The minimum atomic E-state index is -0.184. The maximum absolute atomic E-state index is 11.0. The molecule has 0 unspecified atom stereocenters. The minimum absolute atomic E-state index is 0.184. The normalized spacial score (nSPS) is 11.2. The average Bonchev–Trinajstić information content (AvgIpc) is 2.10. The fraction of sp³-hybridized carbons (Fsp3) is 0.375. The van der Waals surface area contributed by atoms with Crippen LogP contribution in [0.25, 0.3) is 0 Å². The first-order valence-corrected chi connectivity index (χ1v) is 4.55. The van der Waals surface area contributed by atoms with E-state index in [0.717, 1.165) is 10.4 Å². The van der Waals surface area contributed by atoms with Gasteiger partial charge >= 0.3 is 0 Å². The second kappa shape index (κ2) is 7.06. The Balaban J connectivity index is 3.83. The fourth-order valence-electron chi connectivity index (χ4n) is 0.463. The molecule has 68 valence electrons. The summed E-state index contributed by atoms with van der Waals surface area (Å²) in [6, 6.07) is 0. The highest BCUT2D eigenvalue weighted by molar-refractivity contribution is 9.09. The molecule has 0 aliphatic carbocycles. The van der Waals surface area contributed by atoms with E-state index >= 15 is 0 Å². The molecule has 1 amide bonds. The van der Waals surface area contributed by atoms with Crippen LogP contribution in [0, 0.1) is 0 Å². The Hall–Kier alpha value is -0.610. The predicted molar refractivity (Wildman–Crippen MR) is 51.9 cm³/mol. The Bertz CT molecular complexity index is 189. The van der Waals surface area contributed by atoms with Crippen molar-refractivity contribution in [2.45, 2.75) is 0 Å². The Morgan fingerprint density at radius 3 is 2.75 bits per heavy atom. The topological polar surface area (TPSA) is 29.5 Å². The molecular formula is C8H12BrNO2. The van der Waals surface area contributed by atoms with Crippen molar-refractivity contribution in [1.29, 1.82) is 0 Å². The first-order valence-electron chi connectivity index (χ1n) is 3.43. The van der Waals surface area contributed by atoms with Crippen LogP contribution in [0.1, 0.15) is 0 Å². The number of hydrogen-bond acceptors (Lipinski definition) is 2. The molecule has 0 rings (SSSR count). The van der Waals surface area contributed by atoms with Gasteiger partial charge in [-0.25, -0.2) is 5.06 Å². The Kier molecular flexibility index (Phi) is 6.70. The number of carbonyl (C=O) groups is 1. The summed E-state index contributed by atoms with van der Waals surface area (Å²) in [6.07, 6.45) is 6.77. The molecule has 0 spiro atoms. The zero-order chi connectivity index (χ0) is 9.40. The van der Waals surface area contributed by atoms with Gasteiger partial charge in [0.2, 0.25) is 0 Å². The number of carbonyl (C=O) groups excluding carboxylic acids is 1. The molecule has 4 heteroatoms. The van der Waals surface area contributed by atoms with Gasteiger partial charge in [-0.1, -0.05) is 34.2 Å². The van der Waals surface area contributed by atoms with Crippen LogP contribution in [0.5, 0.6) is 0 Å². The van der Waals surface area contributed by atoms with Gasteiger partial charge in [-0.05, 0) is 0 Å². The lowest BCUT2D eigenvalue weighted by atomic mass is 10.4. The second-order valence-corrected chi connectivity index (χ2v) is 2.61. The molecule has 0 saturated carbocycles. The van der Waals surface area contributed by atoms with Crippen molar-refractivity contribution in [1.82, 2.24) is 5.06 Å². The third kappa shape index (κ3) is 5.09. The molecule has 3 nitrogen and oxygen atoms in total. The Morgan fingerprint density at radius 1 is 1.58 bits per heavy atom. The lowest BCUT2D eigenvalue weighted by molar-refractivity contribution is -0.162. The number of halogens is 1. The number of hydroxylamine groups is 2. The van der Waals surface area contributed by atoms with Gasteiger partial charge in [0.05, 0.1) is 7.11 Å². The molecule has 0 aromatic heterocycles. The van der Waals surface area contributed by atoms with E-state index in [2.05, 4.69) is 20.8 Å². The fourth-order valence-corrected chi connectivity index (χ4v) is 0.679. The second-order valence-electron chi connectivity index (χ2n) is 1.96. The molecular weight excluding hydrogens is 222 g/mol. The molecule has 0 bridgehead atoms. The lowest BCUT2D eigenvalue weighted by Crippen LogP contribution is -2.22. The van der Waals surface area contributed by atoms with Crippen LogP contribution in [0.2, 0.25) is 0 Å². The first-order chi connectivity index (χ1) is 5.72. The van der Waals surface area contributed by atoms with Crippen molar-refractivity contribution in [3.8, 4) is 0 Å². The van der Waals surface area contributed by atoms with Gasteiger partial charge in [0.1, 0.15) is 0 Å². The highest BCUT2D eigenvalue weighted by Gasteiger charge is 1.99. The summed E-state index contributed by atoms with van der Waals surface area (Å²) in [4.78, 5) is 15.7. The van der Waals surface area contributed by atoms with Gasteiger partial charge < -0.3 is 0 Å². The number of allylic oxidation sites excluding steroid dienone is 3. The Labute approximate surface area is 80.8 Å². The number of rotatable bonds is 4. The van der Waals surface area contributed by atoms with Crippen LogP contribution in [-0.4, -0.2) is 30.5 Å². The number of likely N-dealkylation sites (N-methyl/N-ethyl adjacent to an activating group) is 1. The molecule has 0 atom stereocenters. The van der Waals surface area contributed by atoms with E-state index in [1.165, 1.54) is 13.2 Å². The van der Waals surface area contributed by atoms with Crippen LogP contribution in [0.3, 0.4) is 0 Å². The zero-order valence-electron chi connectivity index (χ0n) is 7.16. The van der Waals surface area contributed by atoms with Crippen molar-refractivity contribution in [3.05, 3.63) is 24.3 Å². The van der Waals surface area contributed by atoms with Gasteiger partial charge in [-0.2, -0.15) is 0 Å². The van der Waals surface area contributed by atoms with Crippen molar-refractivity contribution < 1.29 is 9.63 Å². The summed E-state index contributed by atoms with van der Waals surface area (Å²) in [5.74, 6) is -0.184. The maximum Gasteiger partial charge on any atom is 0.269 e. The van der Waals surface area contributed by atoms with Crippen molar-refractivity contribution in [2.24, 2.45) is 0 Å². The summed E-state index contributed by atoms with van der Waals surface area (Å²) in [5.41, 5.74) is 0. The van der Waals surface area contributed by atoms with Crippen molar-refractivity contribution in [3.63, 3.8) is 0 Å². The summed E-state index contributed by atoms with van der Waals surface area (Å²) < 4.78 is 0. The molecule has 0 saturated heterocycles. The Morgan fingerprint density at radius 2 is 2.25 bits per heavy atom. The number of alkyl halides is 1. The van der Waals surface area contributed by atoms with Crippen LogP contribution >= 0.6 is 15.9 Å². The van der Waals surface area contributed by atoms with Crippen molar-refractivity contribution in [2.75, 3.05) is 19.5 Å². The molecule has 0 aliphatic heterocycles. The van der Waals surface area contributed by atoms with E-state index in [-0.39, 0.29) is 5.91 Å². The summed E-state index contributed by atoms with van der Waals surface area (Å²) in [6.45, 7) is 0. The molecule has 0 fully saturated rings. The third-order valence-electron chi connectivity index (χ3n) is 1.16. The van der Waals surface area contributed by atoms with Gasteiger partial charge in [0.15, 0.2) is 0 Å². The standard InChI is InChI=1S/C8H12BrNO2/c1-10(12-2)8(11)6-4-3-5-7-9/h3-6H,7H2,1-2H3/b5-3+,6-4+. The van der Waals surface area contributed by atoms with E-state index < -0.39 is 0 Å². The summed E-state index contributed by atoms with van der Waals surface area (Å²) in [5, 5.41) is 1.93. The van der Waals surface area contributed by atoms with Crippen LogP contribution in [-0.2, 0) is 9.63 Å². The summed E-state index contributed by atoms with van der Waals surface area (Å²) in [7, 11) is 3.00. The quantitative estimate of drug-likeness (QED) is 0.319. The largest absolute Gasteiger partial charge is 0.274 e. The summed E-state index contributed by atoms with van der Waals surface area (Å²) >= 11 is 3.22.